The van der Waals surface area contributed by atoms with E-state index in [1.165, 1.54) is 4.31 Å². The summed E-state index contributed by atoms with van der Waals surface area (Å²) in [5.41, 5.74) is 6.57. The van der Waals surface area contributed by atoms with Gasteiger partial charge in [0.05, 0.1) is 18.0 Å². The molecule has 10 heteroatoms. The lowest BCUT2D eigenvalue weighted by Gasteiger charge is -2.33. The predicted molar refractivity (Wildman–Crippen MR) is 109 cm³/mol. The normalized spacial score (nSPS) is 16.7. The van der Waals surface area contributed by atoms with Crippen molar-refractivity contribution in [1.82, 2.24) is 19.3 Å². The number of nitrogens with two attached hydrogens (primary N) is 1. The molecule has 0 spiro atoms. The molecule has 1 saturated heterocycles. The average molecular weight is 430 g/mol. The average Bonchev–Trinajstić information content (AvgIpc) is 3.09. The third-order valence-electron chi connectivity index (χ3n) is 4.74. The molecule has 3 rings (SSSR count). The second-order valence-corrected chi connectivity index (χ2v) is 9.70. The van der Waals surface area contributed by atoms with Gasteiger partial charge in [0.2, 0.25) is 15.9 Å². The molecule has 0 bridgehead atoms. The standard InChI is InChI=1S/C18H27N5O3S.ClH/c1-18(2,3)14-4-6-15(7-5-14)27(24,25)23-10-8-22(9-11-23)13-16-20-17(12-19)26-21-16;/h4-7H,8-13,19H2,1-3H3;1H. The van der Waals surface area contributed by atoms with Crippen molar-refractivity contribution in [1.29, 1.82) is 0 Å². The van der Waals surface area contributed by atoms with Crippen molar-refractivity contribution in [2.24, 2.45) is 5.73 Å². The van der Waals surface area contributed by atoms with E-state index in [-0.39, 0.29) is 24.4 Å². The smallest absolute Gasteiger partial charge is 0.243 e. The lowest BCUT2D eigenvalue weighted by Crippen LogP contribution is -2.48. The Bertz CT molecular complexity index is 869. The molecular weight excluding hydrogens is 402 g/mol. The Labute approximate surface area is 172 Å². The van der Waals surface area contributed by atoms with Gasteiger partial charge in [-0.25, -0.2) is 8.42 Å². The molecule has 1 aromatic heterocycles. The van der Waals surface area contributed by atoms with Crippen LogP contribution in [0.4, 0.5) is 0 Å². The highest BCUT2D eigenvalue weighted by Crippen LogP contribution is 2.25. The van der Waals surface area contributed by atoms with Crippen molar-refractivity contribution < 1.29 is 12.9 Å². The molecule has 8 nitrogen and oxygen atoms in total. The number of nitrogens with zero attached hydrogens (tertiary/aromatic N) is 4. The molecule has 0 unspecified atom stereocenters. The Kier molecular flexibility index (Phi) is 7.22. The third kappa shape index (κ3) is 5.09. The molecule has 0 saturated carbocycles. The highest BCUT2D eigenvalue weighted by Gasteiger charge is 2.29. The fourth-order valence-corrected chi connectivity index (χ4v) is 4.46. The van der Waals surface area contributed by atoms with Gasteiger partial charge < -0.3 is 10.3 Å². The van der Waals surface area contributed by atoms with Gasteiger partial charge in [-0.1, -0.05) is 38.1 Å². The van der Waals surface area contributed by atoms with E-state index in [0.29, 0.717) is 49.3 Å². The molecule has 1 aromatic carbocycles. The summed E-state index contributed by atoms with van der Waals surface area (Å²) in [6.45, 7) is 9.17. The maximum Gasteiger partial charge on any atom is 0.243 e. The Balaban J connectivity index is 0.00000280. The summed E-state index contributed by atoms with van der Waals surface area (Å²) in [5.74, 6) is 0.981. The van der Waals surface area contributed by atoms with Crippen LogP contribution in [-0.4, -0.2) is 53.9 Å². The molecule has 2 N–H and O–H groups in total. The van der Waals surface area contributed by atoms with Gasteiger partial charge in [-0.3, -0.25) is 4.90 Å². The molecule has 2 heterocycles. The van der Waals surface area contributed by atoms with Crippen LogP contribution >= 0.6 is 12.4 Å². The van der Waals surface area contributed by atoms with Crippen LogP contribution in [-0.2, 0) is 28.5 Å². The van der Waals surface area contributed by atoms with E-state index in [9.17, 15) is 8.42 Å². The Morgan fingerprint density at radius 3 is 2.21 bits per heavy atom. The molecule has 28 heavy (non-hydrogen) atoms. The molecule has 1 aliphatic heterocycles. The van der Waals surface area contributed by atoms with E-state index in [0.717, 1.165) is 5.56 Å². The number of hydrogen-bond donors (Lipinski definition) is 1. The lowest BCUT2D eigenvalue weighted by molar-refractivity contribution is 0.176. The molecule has 0 atom stereocenters. The summed E-state index contributed by atoms with van der Waals surface area (Å²) in [6.07, 6.45) is 0. The minimum absolute atomic E-state index is 0. The summed E-state index contributed by atoms with van der Waals surface area (Å²) in [6, 6.07) is 7.20. The van der Waals surface area contributed by atoms with E-state index < -0.39 is 10.0 Å². The summed E-state index contributed by atoms with van der Waals surface area (Å²) >= 11 is 0. The fraction of sp³-hybridized carbons (Fsp3) is 0.556. The van der Waals surface area contributed by atoms with E-state index in [1.807, 2.05) is 12.1 Å². The van der Waals surface area contributed by atoms with Crippen LogP contribution in [0.2, 0.25) is 0 Å². The molecule has 0 radical (unpaired) electrons. The van der Waals surface area contributed by atoms with Crippen LogP contribution in [0.25, 0.3) is 0 Å². The van der Waals surface area contributed by atoms with E-state index in [4.69, 9.17) is 10.3 Å². The summed E-state index contributed by atoms with van der Waals surface area (Å²) < 4.78 is 32.4. The van der Waals surface area contributed by atoms with Crippen molar-refractivity contribution in [2.45, 2.75) is 44.2 Å². The number of rotatable bonds is 5. The first kappa shape index (κ1) is 22.8. The largest absolute Gasteiger partial charge is 0.338 e. The molecule has 156 valence electrons. The number of piperazine rings is 1. The number of hydrogen-bond acceptors (Lipinski definition) is 7. The Hall–Kier alpha value is -1.52. The minimum atomic E-state index is -3.48. The monoisotopic (exact) mass is 429 g/mol. The highest BCUT2D eigenvalue weighted by atomic mass is 35.5. The second kappa shape index (κ2) is 8.87. The maximum atomic E-state index is 12.9. The van der Waals surface area contributed by atoms with Gasteiger partial charge in [0.15, 0.2) is 5.82 Å². The van der Waals surface area contributed by atoms with Crippen LogP contribution in [0.3, 0.4) is 0 Å². The Morgan fingerprint density at radius 1 is 1.11 bits per heavy atom. The zero-order valence-corrected chi connectivity index (χ0v) is 18.1. The second-order valence-electron chi connectivity index (χ2n) is 7.76. The SMILES string of the molecule is CC(C)(C)c1ccc(S(=O)(=O)N2CCN(Cc3noc(CN)n3)CC2)cc1.Cl. The first-order valence-corrected chi connectivity index (χ1v) is 10.5. The first-order chi connectivity index (χ1) is 12.7. The number of benzene rings is 1. The van der Waals surface area contributed by atoms with Gasteiger partial charge >= 0.3 is 0 Å². The molecule has 0 aliphatic carbocycles. The van der Waals surface area contributed by atoms with Crippen LogP contribution in [0.1, 0.15) is 38.0 Å². The van der Waals surface area contributed by atoms with Crippen LogP contribution in [0.15, 0.2) is 33.7 Å². The topological polar surface area (TPSA) is 106 Å². The zero-order valence-electron chi connectivity index (χ0n) is 16.5. The number of aromatic nitrogens is 2. The Morgan fingerprint density at radius 2 is 1.71 bits per heavy atom. The fourth-order valence-electron chi connectivity index (χ4n) is 3.04. The lowest BCUT2D eigenvalue weighted by atomic mass is 9.87. The van der Waals surface area contributed by atoms with Crippen molar-refractivity contribution in [2.75, 3.05) is 26.2 Å². The molecule has 1 fully saturated rings. The van der Waals surface area contributed by atoms with Crippen LogP contribution < -0.4 is 5.73 Å². The van der Waals surface area contributed by atoms with Gasteiger partial charge in [0.1, 0.15) is 0 Å². The molecule has 2 aromatic rings. The predicted octanol–water partition coefficient (Wildman–Crippen LogP) is 1.75. The van der Waals surface area contributed by atoms with E-state index in [1.54, 1.807) is 12.1 Å². The van der Waals surface area contributed by atoms with Gasteiger partial charge in [0, 0.05) is 26.2 Å². The molecule has 0 amide bonds. The van der Waals surface area contributed by atoms with Gasteiger partial charge in [-0.05, 0) is 23.1 Å². The van der Waals surface area contributed by atoms with Crippen molar-refractivity contribution in [3.05, 3.63) is 41.5 Å². The van der Waals surface area contributed by atoms with Gasteiger partial charge in [0.25, 0.3) is 0 Å². The van der Waals surface area contributed by atoms with Gasteiger partial charge in [-0.2, -0.15) is 9.29 Å². The highest BCUT2D eigenvalue weighted by molar-refractivity contribution is 7.89. The van der Waals surface area contributed by atoms with Crippen molar-refractivity contribution >= 4 is 22.4 Å². The zero-order chi connectivity index (χ0) is 19.7. The van der Waals surface area contributed by atoms with Crippen LogP contribution in [0.5, 0.6) is 0 Å². The van der Waals surface area contributed by atoms with E-state index in [2.05, 4.69) is 35.8 Å². The quantitative estimate of drug-likeness (QED) is 0.771. The number of sulfonamides is 1. The first-order valence-electron chi connectivity index (χ1n) is 9.05. The van der Waals surface area contributed by atoms with Crippen molar-refractivity contribution in [3.63, 3.8) is 0 Å². The van der Waals surface area contributed by atoms with Crippen molar-refractivity contribution in [3.8, 4) is 0 Å². The van der Waals surface area contributed by atoms with Crippen LogP contribution in [0, 0.1) is 0 Å². The van der Waals surface area contributed by atoms with Gasteiger partial charge in [-0.15, -0.1) is 12.4 Å². The molecular formula is C18H28ClN5O3S. The molecule has 1 aliphatic rings. The third-order valence-corrected chi connectivity index (χ3v) is 6.65. The summed E-state index contributed by atoms with van der Waals surface area (Å²) in [7, 11) is -3.48. The maximum absolute atomic E-state index is 12.9. The summed E-state index contributed by atoms with van der Waals surface area (Å²) in [5, 5.41) is 3.88. The minimum Gasteiger partial charge on any atom is -0.338 e. The number of halogens is 1. The summed E-state index contributed by atoms with van der Waals surface area (Å²) in [4.78, 5) is 6.64. The van der Waals surface area contributed by atoms with E-state index >= 15 is 0 Å².